The van der Waals surface area contributed by atoms with Gasteiger partial charge in [0.25, 0.3) is 5.69 Å². The van der Waals surface area contributed by atoms with Crippen molar-refractivity contribution < 1.29 is 19.6 Å². The maximum Gasteiger partial charge on any atom is 0.323 e. The third-order valence-electron chi connectivity index (χ3n) is 2.87. The van der Waals surface area contributed by atoms with Gasteiger partial charge in [0, 0.05) is 24.2 Å². The van der Waals surface area contributed by atoms with Crippen molar-refractivity contribution in [2.24, 2.45) is 0 Å². The fourth-order valence-electron chi connectivity index (χ4n) is 1.91. The monoisotopic (exact) mass is 334 g/mol. The van der Waals surface area contributed by atoms with Crippen molar-refractivity contribution in [3.63, 3.8) is 0 Å². The average Bonchev–Trinajstić information content (AvgIpc) is 2.59. The number of urea groups is 1. The van der Waals surface area contributed by atoms with E-state index in [9.17, 15) is 19.7 Å². The molecule has 9 nitrogen and oxygen atoms in total. The number of aliphatic carboxylic acids is 1. The van der Waals surface area contributed by atoms with Gasteiger partial charge in [-0.3, -0.25) is 14.9 Å². The fraction of sp³-hybridized carbons (Fsp3) is 0.267. The quantitative estimate of drug-likeness (QED) is 0.566. The Morgan fingerprint density at radius 3 is 2.58 bits per heavy atom. The Morgan fingerprint density at radius 1 is 1.25 bits per heavy atom. The van der Waals surface area contributed by atoms with E-state index in [1.165, 1.54) is 18.3 Å². The summed E-state index contributed by atoms with van der Waals surface area (Å²) in [5.74, 6) is -1.15. The lowest BCUT2D eigenvalue weighted by Crippen LogP contribution is -2.38. The van der Waals surface area contributed by atoms with Crippen LogP contribution in [0.15, 0.2) is 30.5 Å². The van der Waals surface area contributed by atoms with Gasteiger partial charge in [0.1, 0.15) is 12.1 Å². The number of hydrogen-bond acceptors (Lipinski definition) is 5. The van der Waals surface area contributed by atoms with Crippen molar-refractivity contribution in [2.45, 2.75) is 20.4 Å². The van der Waals surface area contributed by atoms with Gasteiger partial charge in [-0.25, -0.2) is 9.78 Å². The Morgan fingerprint density at radius 2 is 1.96 bits per heavy atom. The van der Waals surface area contributed by atoms with Gasteiger partial charge < -0.3 is 15.7 Å². The van der Waals surface area contributed by atoms with Crippen molar-refractivity contribution in [1.82, 2.24) is 15.6 Å². The lowest BCUT2D eigenvalue weighted by Gasteiger charge is -2.08. The van der Waals surface area contributed by atoms with Gasteiger partial charge >= 0.3 is 12.0 Å². The minimum absolute atomic E-state index is 0.0889. The number of carboxylic acids is 1. The Balaban J connectivity index is 0.00000139. The van der Waals surface area contributed by atoms with Crippen LogP contribution in [0.3, 0.4) is 0 Å². The number of non-ortho nitro benzene ring substituents is 1. The number of benzene rings is 1. The number of nitrogens with one attached hydrogen (secondary N) is 2. The number of carbonyl (C=O) groups excluding carboxylic acids is 1. The summed E-state index contributed by atoms with van der Waals surface area (Å²) in [5.41, 5.74) is 0.756. The third kappa shape index (κ3) is 4.90. The lowest BCUT2D eigenvalue weighted by atomic mass is 10.1. The molecule has 1 aromatic carbocycles. The zero-order valence-electron chi connectivity index (χ0n) is 13.3. The molecule has 0 spiro atoms. The topological polar surface area (TPSA) is 134 Å². The molecule has 0 atom stereocenters. The first-order valence-corrected chi connectivity index (χ1v) is 7.23. The van der Waals surface area contributed by atoms with Crippen LogP contribution in [0.5, 0.6) is 0 Å². The van der Waals surface area contributed by atoms with Crippen molar-refractivity contribution in [3.05, 3.63) is 46.1 Å². The molecule has 0 saturated heterocycles. The predicted octanol–water partition coefficient (Wildman–Crippen LogP) is 2.05. The standard InChI is InChI=1S/C13H12N4O5.C2H6/c18-11(19)7-16-13(20)15-6-8-3-4-10(17(21)22)12-9(8)2-1-5-14-12;1-2/h1-5H,6-7H2,(H,18,19)(H2,15,16,20);1-2H3. The number of carbonyl (C=O) groups is 2. The Labute approximate surface area is 137 Å². The van der Waals surface area contributed by atoms with Crippen molar-refractivity contribution >= 4 is 28.6 Å². The smallest absolute Gasteiger partial charge is 0.323 e. The van der Waals surface area contributed by atoms with E-state index in [1.54, 1.807) is 12.1 Å². The molecule has 0 unspecified atom stereocenters. The predicted molar refractivity (Wildman–Crippen MR) is 87.6 cm³/mol. The van der Waals surface area contributed by atoms with Crippen LogP contribution in [-0.2, 0) is 11.3 Å². The zero-order chi connectivity index (χ0) is 18.1. The van der Waals surface area contributed by atoms with Crippen LogP contribution in [0.1, 0.15) is 19.4 Å². The summed E-state index contributed by atoms with van der Waals surface area (Å²) >= 11 is 0. The van der Waals surface area contributed by atoms with E-state index in [0.29, 0.717) is 10.9 Å². The molecule has 2 rings (SSSR count). The third-order valence-corrected chi connectivity index (χ3v) is 2.87. The van der Waals surface area contributed by atoms with E-state index in [0.717, 1.165) is 0 Å². The molecule has 24 heavy (non-hydrogen) atoms. The van der Waals surface area contributed by atoms with Gasteiger partial charge in [0.15, 0.2) is 0 Å². The van der Waals surface area contributed by atoms with E-state index in [-0.39, 0.29) is 17.7 Å². The first-order chi connectivity index (χ1) is 11.5. The molecule has 1 aromatic heterocycles. The molecule has 9 heteroatoms. The normalized spacial score (nSPS) is 9.58. The second-order valence-electron chi connectivity index (χ2n) is 4.33. The van der Waals surface area contributed by atoms with E-state index < -0.39 is 23.5 Å². The largest absolute Gasteiger partial charge is 0.480 e. The second-order valence-corrected chi connectivity index (χ2v) is 4.33. The van der Waals surface area contributed by atoms with Crippen LogP contribution in [0, 0.1) is 10.1 Å². The summed E-state index contributed by atoms with van der Waals surface area (Å²) < 4.78 is 0. The fourth-order valence-corrected chi connectivity index (χ4v) is 1.91. The number of nitro groups is 1. The van der Waals surface area contributed by atoms with E-state index in [2.05, 4.69) is 15.6 Å². The SMILES string of the molecule is CC.O=C(O)CNC(=O)NCc1ccc([N+](=O)[O-])c2ncccc12. The molecular formula is C15H18N4O5. The summed E-state index contributed by atoms with van der Waals surface area (Å²) in [6.45, 7) is 3.60. The van der Waals surface area contributed by atoms with E-state index in [1.807, 2.05) is 13.8 Å². The molecule has 0 bridgehead atoms. The van der Waals surface area contributed by atoms with Gasteiger partial charge in [-0.1, -0.05) is 19.9 Å². The maximum absolute atomic E-state index is 11.4. The van der Waals surface area contributed by atoms with E-state index in [4.69, 9.17) is 5.11 Å². The number of rotatable bonds is 5. The van der Waals surface area contributed by atoms with Crippen LogP contribution < -0.4 is 10.6 Å². The van der Waals surface area contributed by atoms with Gasteiger partial charge in [-0.2, -0.15) is 0 Å². The average molecular weight is 334 g/mol. The molecule has 0 saturated carbocycles. The van der Waals surface area contributed by atoms with Crippen LogP contribution in [0.25, 0.3) is 10.9 Å². The van der Waals surface area contributed by atoms with Crippen LogP contribution in [0.4, 0.5) is 10.5 Å². The van der Waals surface area contributed by atoms with Gasteiger partial charge in [0.05, 0.1) is 4.92 Å². The number of amides is 2. The highest BCUT2D eigenvalue weighted by atomic mass is 16.6. The van der Waals surface area contributed by atoms with Gasteiger partial charge in [-0.05, 0) is 17.7 Å². The second kappa shape index (κ2) is 9.03. The van der Waals surface area contributed by atoms with Crippen LogP contribution in [-0.4, -0.2) is 33.6 Å². The molecular weight excluding hydrogens is 316 g/mol. The summed E-state index contributed by atoms with van der Waals surface area (Å²) in [4.78, 5) is 36.2. The Kier molecular flexibility index (Phi) is 7.08. The molecule has 2 amide bonds. The molecule has 0 aliphatic carbocycles. The minimum Gasteiger partial charge on any atom is -0.480 e. The Bertz CT molecular complexity index is 748. The molecule has 0 fully saturated rings. The molecule has 0 radical (unpaired) electrons. The summed E-state index contributed by atoms with van der Waals surface area (Å²) in [6, 6.07) is 5.51. The Hall–Kier alpha value is -3.23. The van der Waals surface area contributed by atoms with Crippen molar-refractivity contribution in [3.8, 4) is 0 Å². The molecule has 3 N–H and O–H groups in total. The number of hydrogen-bond donors (Lipinski definition) is 3. The van der Waals surface area contributed by atoms with Gasteiger partial charge in [0.2, 0.25) is 0 Å². The van der Waals surface area contributed by atoms with Crippen LogP contribution >= 0.6 is 0 Å². The molecule has 0 aliphatic rings. The van der Waals surface area contributed by atoms with Gasteiger partial charge in [-0.15, -0.1) is 0 Å². The molecule has 1 heterocycles. The number of nitro benzene ring substituents is 1. The molecule has 2 aromatic rings. The highest BCUT2D eigenvalue weighted by Gasteiger charge is 2.15. The molecule has 0 aliphatic heterocycles. The summed E-state index contributed by atoms with van der Waals surface area (Å²) in [6.07, 6.45) is 1.45. The summed E-state index contributed by atoms with van der Waals surface area (Å²) in [7, 11) is 0. The van der Waals surface area contributed by atoms with Crippen LogP contribution in [0.2, 0.25) is 0 Å². The highest BCUT2D eigenvalue weighted by Crippen LogP contribution is 2.26. The minimum atomic E-state index is -1.15. The molecule has 128 valence electrons. The number of pyridine rings is 1. The van der Waals surface area contributed by atoms with Crippen molar-refractivity contribution in [2.75, 3.05) is 6.54 Å². The number of carboxylic acid groups (broad SMARTS) is 1. The zero-order valence-corrected chi connectivity index (χ0v) is 13.3. The maximum atomic E-state index is 11.4. The summed E-state index contributed by atoms with van der Waals surface area (Å²) in [5, 5.41) is 24.6. The lowest BCUT2D eigenvalue weighted by molar-refractivity contribution is -0.383. The number of aromatic nitrogens is 1. The highest BCUT2D eigenvalue weighted by molar-refractivity contribution is 5.90. The first kappa shape index (κ1) is 18.8. The van der Waals surface area contributed by atoms with Crippen molar-refractivity contribution in [1.29, 1.82) is 0 Å². The number of nitrogens with zero attached hydrogens (tertiary/aromatic N) is 2. The first-order valence-electron chi connectivity index (χ1n) is 7.23. The van der Waals surface area contributed by atoms with E-state index >= 15 is 0 Å². The number of fused-ring (bicyclic) bond motifs is 1.